The highest BCUT2D eigenvalue weighted by atomic mass is 19.1. The molecule has 3 N–H and O–H groups in total. The maximum atomic E-state index is 14.9. The van der Waals surface area contributed by atoms with Gasteiger partial charge in [0.15, 0.2) is 23.1 Å². The summed E-state index contributed by atoms with van der Waals surface area (Å²) < 4.78 is 38.9. The van der Waals surface area contributed by atoms with Gasteiger partial charge in [-0.15, -0.1) is 0 Å². The number of nitrogens with zero attached hydrogens (tertiary/aromatic N) is 1. The van der Waals surface area contributed by atoms with Crippen LogP contribution in [0.15, 0.2) is 66.9 Å². The lowest BCUT2D eigenvalue weighted by atomic mass is 10.0. The lowest BCUT2D eigenvalue weighted by Crippen LogP contribution is -2.35. The van der Waals surface area contributed by atoms with Gasteiger partial charge in [-0.25, -0.2) is 8.78 Å². The van der Waals surface area contributed by atoms with Crippen LogP contribution in [-0.2, 0) is 9.59 Å². The number of fused-ring (bicyclic) bond motifs is 1. The number of methoxy groups -OCH3 is 1. The molecule has 1 aliphatic rings. The van der Waals surface area contributed by atoms with Gasteiger partial charge in [0.1, 0.15) is 17.0 Å². The smallest absolute Gasteiger partial charge is 0.240 e. The Kier molecular flexibility index (Phi) is 10.8. The van der Waals surface area contributed by atoms with Gasteiger partial charge in [0.05, 0.1) is 12.6 Å². The number of benzene rings is 3. The lowest BCUT2D eigenvalue weighted by Gasteiger charge is -2.16. The van der Waals surface area contributed by atoms with E-state index in [2.05, 4.69) is 29.5 Å². The summed E-state index contributed by atoms with van der Waals surface area (Å²) >= 11 is 0. The van der Waals surface area contributed by atoms with E-state index in [1.807, 2.05) is 13.8 Å². The van der Waals surface area contributed by atoms with E-state index in [-0.39, 0.29) is 28.7 Å². The number of anilines is 2. The molecular formula is C32H35F2N3O5. The quantitative estimate of drug-likeness (QED) is 0.193. The minimum atomic E-state index is -1.28. The number of phenolic OH excluding ortho intramolecular Hbond substituents is 1. The summed E-state index contributed by atoms with van der Waals surface area (Å²) in [6, 6.07) is 13.6. The van der Waals surface area contributed by atoms with E-state index in [0.29, 0.717) is 29.4 Å². The molecule has 1 fully saturated rings. The van der Waals surface area contributed by atoms with Crippen LogP contribution in [0.5, 0.6) is 23.0 Å². The Balaban J connectivity index is 0.000000910. The van der Waals surface area contributed by atoms with Crippen molar-refractivity contribution in [1.29, 1.82) is 0 Å². The van der Waals surface area contributed by atoms with Gasteiger partial charge in [0.25, 0.3) is 0 Å². The number of hydrogen-bond donors (Lipinski definition) is 3. The number of ether oxygens (including phenoxy) is 2. The van der Waals surface area contributed by atoms with E-state index in [1.54, 1.807) is 6.07 Å². The predicted octanol–water partition coefficient (Wildman–Crippen LogP) is 7.82. The second-order valence-corrected chi connectivity index (χ2v) is 9.30. The van der Waals surface area contributed by atoms with Gasteiger partial charge in [0.2, 0.25) is 11.8 Å². The van der Waals surface area contributed by atoms with E-state index < -0.39 is 28.9 Å². The van der Waals surface area contributed by atoms with Crippen LogP contribution in [0.2, 0.25) is 0 Å². The molecule has 2 amide bonds. The highest BCUT2D eigenvalue weighted by Crippen LogP contribution is 2.47. The van der Waals surface area contributed by atoms with Crippen LogP contribution in [0, 0.1) is 17.0 Å². The molecular weight excluding hydrogens is 544 g/mol. The van der Waals surface area contributed by atoms with Crippen molar-refractivity contribution >= 4 is 34.1 Å². The number of hydrogen-bond acceptors (Lipinski definition) is 6. The Morgan fingerprint density at radius 3 is 2.05 bits per heavy atom. The van der Waals surface area contributed by atoms with Gasteiger partial charge in [-0.1, -0.05) is 34.1 Å². The van der Waals surface area contributed by atoms with Crippen molar-refractivity contribution in [1.82, 2.24) is 4.98 Å². The predicted molar refractivity (Wildman–Crippen MR) is 159 cm³/mol. The summed E-state index contributed by atoms with van der Waals surface area (Å²) in [6.07, 6.45) is 3.38. The Labute approximate surface area is 243 Å². The van der Waals surface area contributed by atoms with Gasteiger partial charge < -0.3 is 25.2 Å². The molecule has 0 unspecified atom stereocenters. The number of amides is 2. The zero-order valence-electron chi connectivity index (χ0n) is 24.3. The largest absolute Gasteiger partial charge is 0.504 e. The second-order valence-electron chi connectivity index (χ2n) is 9.30. The van der Waals surface area contributed by atoms with Crippen LogP contribution in [0.3, 0.4) is 0 Å². The standard InChI is InChI=1S/C27H21F2N3O5.C3H8.C2H6/c1-36-24-13-18-20(14-21(24)33)30-11-8-22(18)37-23-7-6-17(12-19(23)29)32-26(35)27(9-10-27)25(34)31-16-4-2-15(28)3-5-16;1-3-2;1-2/h2-8,11-14,33H,9-10H2,1H3,(H,31,34)(H,32,35);3H2,1-2H3;1-2H3. The number of nitrogens with one attached hydrogen (secondary N) is 2. The molecule has 1 aliphatic carbocycles. The van der Waals surface area contributed by atoms with E-state index in [1.165, 1.54) is 68.3 Å². The van der Waals surface area contributed by atoms with Crippen molar-refractivity contribution in [2.75, 3.05) is 17.7 Å². The molecule has 0 radical (unpaired) electrons. The van der Waals surface area contributed by atoms with E-state index >= 15 is 0 Å². The summed E-state index contributed by atoms with van der Waals surface area (Å²) in [5, 5.41) is 15.7. The molecule has 222 valence electrons. The highest BCUT2D eigenvalue weighted by molar-refractivity contribution is 6.16. The number of phenols is 1. The average molecular weight is 580 g/mol. The number of rotatable bonds is 7. The van der Waals surface area contributed by atoms with Crippen LogP contribution in [0.25, 0.3) is 10.9 Å². The van der Waals surface area contributed by atoms with Crippen LogP contribution in [0.1, 0.15) is 47.0 Å². The fourth-order valence-electron chi connectivity index (χ4n) is 3.89. The number of carbonyl (C=O) groups is 2. The van der Waals surface area contributed by atoms with Gasteiger partial charge in [-0.3, -0.25) is 14.6 Å². The third-order valence-corrected chi connectivity index (χ3v) is 6.13. The van der Waals surface area contributed by atoms with Crippen LogP contribution in [0.4, 0.5) is 20.2 Å². The van der Waals surface area contributed by atoms with Crippen LogP contribution in [-0.4, -0.2) is 29.0 Å². The van der Waals surface area contributed by atoms with Crippen molar-refractivity contribution in [3.05, 3.63) is 78.5 Å². The highest BCUT2D eigenvalue weighted by Gasteiger charge is 2.56. The summed E-state index contributed by atoms with van der Waals surface area (Å²) in [7, 11) is 1.41. The van der Waals surface area contributed by atoms with Crippen molar-refractivity contribution in [2.24, 2.45) is 5.41 Å². The summed E-state index contributed by atoms with van der Waals surface area (Å²) in [4.78, 5) is 29.8. The first-order chi connectivity index (χ1) is 20.2. The molecule has 5 rings (SSSR count). The average Bonchev–Trinajstić information content (AvgIpc) is 3.79. The molecule has 4 aromatic rings. The van der Waals surface area contributed by atoms with E-state index in [0.717, 1.165) is 6.07 Å². The Hall–Kier alpha value is -4.73. The third kappa shape index (κ3) is 7.31. The van der Waals surface area contributed by atoms with Gasteiger partial charge >= 0.3 is 0 Å². The van der Waals surface area contributed by atoms with Crippen LogP contribution >= 0.6 is 0 Å². The number of aromatic nitrogens is 1. The maximum absolute atomic E-state index is 14.9. The molecule has 1 aromatic heterocycles. The topological polar surface area (TPSA) is 110 Å². The monoisotopic (exact) mass is 579 g/mol. The van der Waals surface area contributed by atoms with Gasteiger partial charge in [0, 0.05) is 35.1 Å². The van der Waals surface area contributed by atoms with E-state index in [4.69, 9.17) is 9.47 Å². The molecule has 1 heterocycles. The summed E-state index contributed by atoms with van der Waals surface area (Å²) in [5.74, 6) is -1.96. The number of aromatic hydroxyl groups is 1. The zero-order chi connectivity index (χ0) is 30.9. The molecule has 0 saturated heterocycles. The number of halogens is 2. The molecule has 0 aliphatic heterocycles. The molecule has 1 saturated carbocycles. The minimum Gasteiger partial charge on any atom is -0.504 e. The zero-order valence-corrected chi connectivity index (χ0v) is 24.3. The maximum Gasteiger partial charge on any atom is 0.240 e. The normalized spacial score (nSPS) is 12.5. The third-order valence-electron chi connectivity index (χ3n) is 6.13. The molecule has 10 heteroatoms. The Bertz CT molecular complexity index is 1540. The minimum absolute atomic E-state index is 0.0919. The first-order valence-electron chi connectivity index (χ1n) is 13.7. The van der Waals surface area contributed by atoms with Crippen molar-refractivity contribution < 1.29 is 33.0 Å². The van der Waals surface area contributed by atoms with Crippen molar-refractivity contribution in [3.8, 4) is 23.0 Å². The molecule has 0 spiro atoms. The molecule has 0 atom stereocenters. The van der Waals surface area contributed by atoms with Crippen LogP contribution < -0.4 is 20.1 Å². The fourth-order valence-corrected chi connectivity index (χ4v) is 3.89. The lowest BCUT2D eigenvalue weighted by molar-refractivity contribution is -0.131. The van der Waals surface area contributed by atoms with Gasteiger partial charge in [-0.2, -0.15) is 0 Å². The summed E-state index contributed by atoms with van der Waals surface area (Å²) in [5.41, 5.74) is -0.328. The van der Waals surface area contributed by atoms with Gasteiger partial charge in [-0.05, 0) is 61.4 Å². The SMILES string of the molecule is CC.CCC.COc1cc2c(Oc3ccc(NC(=O)C4(C(=O)Nc5ccc(F)cc5)CC4)cc3F)ccnc2cc1O. The summed E-state index contributed by atoms with van der Waals surface area (Å²) in [6.45, 7) is 8.25. The molecule has 42 heavy (non-hydrogen) atoms. The Morgan fingerprint density at radius 2 is 1.48 bits per heavy atom. The number of carbonyl (C=O) groups excluding carboxylic acids is 2. The second kappa shape index (κ2) is 14.2. The first-order valence-corrected chi connectivity index (χ1v) is 13.7. The Morgan fingerprint density at radius 1 is 0.881 bits per heavy atom. The van der Waals surface area contributed by atoms with Crippen molar-refractivity contribution in [3.63, 3.8) is 0 Å². The molecule has 0 bridgehead atoms. The molecule has 8 nitrogen and oxygen atoms in total. The van der Waals surface area contributed by atoms with Crippen molar-refractivity contribution in [2.45, 2.75) is 47.0 Å². The number of pyridine rings is 1. The fraction of sp³-hybridized carbons (Fsp3) is 0.281. The first kappa shape index (κ1) is 31.8. The van der Waals surface area contributed by atoms with E-state index in [9.17, 15) is 23.5 Å². The molecule has 3 aromatic carbocycles.